The maximum atomic E-state index is 3.73. The molecule has 0 aromatic heterocycles. The lowest BCUT2D eigenvalue weighted by atomic mass is 10.1. The van der Waals surface area contributed by atoms with E-state index < -0.39 is 0 Å². The SMILES string of the molecule is CCC(CC)NCC(C)N(Cc1ccccc1)Cc1ccccc1. The fraction of sp³-hybridized carbons (Fsp3) is 0.455. The molecule has 0 fully saturated rings. The largest absolute Gasteiger partial charge is 0.312 e. The van der Waals surface area contributed by atoms with Crippen LogP contribution in [0.5, 0.6) is 0 Å². The highest BCUT2D eigenvalue weighted by molar-refractivity contribution is 5.17. The molecule has 0 radical (unpaired) electrons. The second-order valence-corrected chi connectivity index (χ2v) is 6.65. The highest BCUT2D eigenvalue weighted by Gasteiger charge is 2.16. The van der Waals surface area contributed by atoms with Gasteiger partial charge in [0.05, 0.1) is 0 Å². The smallest absolute Gasteiger partial charge is 0.0240 e. The number of hydrogen-bond acceptors (Lipinski definition) is 2. The molecule has 2 aromatic carbocycles. The summed E-state index contributed by atoms with van der Waals surface area (Å²) >= 11 is 0. The predicted molar refractivity (Wildman–Crippen MR) is 104 cm³/mol. The average Bonchev–Trinajstić information content (AvgIpc) is 2.63. The Morgan fingerprint density at radius 3 is 1.67 bits per heavy atom. The first-order chi connectivity index (χ1) is 11.7. The molecular weight excluding hydrogens is 292 g/mol. The summed E-state index contributed by atoms with van der Waals surface area (Å²) in [7, 11) is 0. The molecule has 0 aliphatic rings. The van der Waals surface area contributed by atoms with Gasteiger partial charge in [0.15, 0.2) is 0 Å². The van der Waals surface area contributed by atoms with Crippen molar-refractivity contribution in [3.8, 4) is 0 Å². The van der Waals surface area contributed by atoms with Gasteiger partial charge in [-0.2, -0.15) is 0 Å². The Bertz CT molecular complexity index is 507. The van der Waals surface area contributed by atoms with Gasteiger partial charge in [0.2, 0.25) is 0 Å². The second kappa shape index (κ2) is 10.3. The Morgan fingerprint density at radius 2 is 1.25 bits per heavy atom. The van der Waals surface area contributed by atoms with E-state index in [0.29, 0.717) is 12.1 Å². The Labute approximate surface area is 147 Å². The van der Waals surface area contributed by atoms with E-state index in [1.807, 2.05) is 0 Å². The zero-order valence-corrected chi connectivity index (χ0v) is 15.4. The summed E-state index contributed by atoms with van der Waals surface area (Å²) in [4.78, 5) is 2.57. The van der Waals surface area contributed by atoms with Crippen LogP contribution in [0.4, 0.5) is 0 Å². The van der Waals surface area contributed by atoms with Gasteiger partial charge < -0.3 is 5.32 Å². The van der Waals surface area contributed by atoms with E-state index in [0.717, 1.165) is 19.6 Å². The van der Waals surface area contributed by atoms with Crippen LogP contribution in [0.15, 0.2) is 60.7 Å². The van der Waals surface area contributed by atoms with E-state index in [4.69, 9.17) is 0 Å². The maximum Gasteiger partial charge on any atom is 0.0240 e. The van der Waals surface area contributed by atoms with Crippen molar-refractivity contribution in [2.45, 2.75) is 58.8 Å². The van der Waals surface area contributed by atoms with E-state index in [-0.39, 0.29) is 0 Å². The van der Waals surface area contributed by atoms with E-state index in [1.54, 1.807) is 0 Å². The Morgan fingerprint density at radius 1 is 0.792 bits per heavy atom. The van der Waals surface area contributed by atoms with Gasteiger partial charge in [0.25, 0.3) is 0 Å². The van der Waals surface area contributed by atoms with Crippen molar-refractivity contribution in [3.63, 3.8) is 0 Å². The molecular formula is C22H32N2. The molecule has 0 saturated carbocycles. The number of nitrogens with one attached hydrogen (secondary N) is 1. The molecule has 0 aliphatic carbocycles. The van der Waals surface area contributed by atoms with Crippen LogP contribution in [0.3, 0.4) is 0 Å². The van der Waals surface area contributed by atoms with Crippen molar-refractivity contribution in [2.75, 3.05) is 6.54 Å². The lowest BCUT2D eigenvalue weighted by molar-refractivity contribution is 0.182. The van der Waals surface area contributed by atoms with Gasteiger partial charge in [-0.25, -0.2) is 0 Å². The van der Waals surface area contributed by atoms with Gasteiger partial charge in [-0.1, -0.05) is 74.5 Å². The maximum absolute atomic E-state index is 3.73. The lowest BCUT2D eigenvalue weighted by Gasteiger charge is -2.31. The van der Waals surface area contributed by atoms with Gasteiger partial charge >= 0.3 is 0 Å². The molecule has 2 aromatic rings. The predicted octanol–water partition coefficient (Wildman–Crippen LogP) is 4.86. The molecule has 0 bridgehead atoms. The summed E-state index contributed by atoms with van der Waals surface area (Å²) in [6.07, 6.45) is 2.39. The van der Waals surface area contributed by atoms with Crippen LogP contribution in [-0.4, -0.2) is 23.5 Å². The molecule has 0 saturated heterocycles. The number of rotatable bonds is 10. The first kappa shape index (κ1) is 18.7. The quantitative estimate of drug-likeness (QED) is 0.671. The monoisotopic (exact) mass is 324 g/mol. The fourth-order valence-electron chi connectivity index (χ4n) is 3.05. The summed E-state index contributed by atoms with van der Waals surface area (Å²) in [5.41, 5.74) is 2.76. The number of benzene rings is 2. The number of hydrogen-bond donors (Lipinski definition) is 1. The van der Waals surface area contributed by atoms with Crippen LogP contribution in [0.25, 0.3) is 0 Å². The van der Waals surface area contributed by atoms with E-state index in [9.17, 15) is 0 Å². The van der Waals surface area contributed by atoms with Gasteiger partial charge in [0.1, 0.15) is 0 Å². The summed E-state index contributed by atoms with van der Waals surface area (Å²) in [5, 5.41) is 3.73. The Kier molecular flexibility index (Phi) is 8.00. The van der Waals surface area contributed by atoms with Crippen molar-refractivity contribution >= 4 is 0 Å². The average molecular weight is 325 g/mol. The van der Waals surface area contributed by atoms with Crippen molar-refractivity contribution in [3.05, 3.63) is 71.8 Å². The summed E-state index contributed by atoms with van der Waals surface area (Å²) < 4.78 is 0. The van der Waals surface area contributed by atoms with E-state index >= 15 is 0 Å². The zero-order valence-electron chi connectivity index (χ0n) is 15.4. The van der Waals surface area contributed by atoms with Crippen molar-refractivity contribution in [1.82, 2.24) is 10.2 Å². The topological polar surface area (TPSA) is 15.3 Å². The van der Waals surface area contributed by atoms with Crippen LogP contribution in [0.1, 0.15) is 44.7 Å². The standard InChI is InChI=1S/C22H32N2/c1-4-22(5-2)23-16-19(3)24(17-20-12-8-6-9-13-20)18-21-14-10-7-11-15-21/h6-15,19,22-23H,4-5,16-18H2,1-3H3. The highest BCUT2D eigenvalue weighted by atomic mass is 15.2. The lowest BCUT2D eigenvalue weighted by Crippen LogP contribution is -2.42. The first-order valence-electron chi connectivity index (χ1n) is 9.28. The molecule has 2 rings (SSSR count). The van der Waals surface area contributed by atoms with Gasteiger partial charge in [-0.05, 0) is 30.9 Å². The van der Waals surface area contributed by atoms with Crippen LogP contribution < -0.4 is 5.32 Å². The van der Waals surface area contributed by atoms with Crippen LogP contribution in [-0.2, 0) is 13.1 Å². The molecule has 24 heavy (non-hydrogen) atoms. The molecule has 1 unspecified atom stereocenters. The first-order valence-corrected chi connectivity index (χ1v) is 9.28. The minimum Gasteiger partial charge on any atom is -0.312 e. The molecule has 130 valence electrons. The van der Waals surface area contributed by atoms with Crippen molar-refractivity contribution < 1.29 is 0 Å². The summed E-state index contributed by atoms with van der Waals surface area (Å²) in [5.74, 6) is 0. The third-order valence-corrected chi connectivity index (χ3v) is 4.77. The summed E-state index contributed by atoms with van der Waals surface area (Å²) in [6.45, 7) is 9.87. The molecule has 0 amide bonds. The van der Waals surface area contributed by atoms with Gasteiger partial charge in [-0.3, -0.25) is 4.90 Å². The zero-order chi connectivity index (χ0) is 17.2. The van der Waals surface area contributed by atoms with Crippen molar-refractivity contribution in [1.29, 1.82) is 0 Å². The fourth-order valence-corrected chi connectivity index (χ4v) is 3.05. The van der Waals surface area contributed by atoms with Gasteiger partial charge in [0, 0.05) is 31.7 Å². The van der Waals surface area contributed by atoms with E-state index in [1.165, 1.54) is 24.0 Å². The Balaban J connectivity index is 2.03. The molecule has 1 N–H and O–H groups in total. The van der Waals surface area contributed by atoms with Gasteiger partial charge in [-0.15, -0.1) is 0 Å². The normalized spacial score (nSPS) is 12.7. The molecule has 2 heteroatoms. The Hall–Kier alpha value is -1.64. The molecule has 2 nitrogen and oxygen atoms in total. The van der Waals surface area contributed by atoms with E-state index in [2.05, 4.69) is 91.7 Å². The summed E-state index contributed by atoms with van der Waals surface area (Å²) in [6, 6.07) is 22.7. The highest BCUT2D eigenvalue weighted by Crippen LogP contribution is 2.13. The van der Waals surface area contributed by atoms with Crippen LogP contribution >= 0.6 is 0 Å². The third-order valence-electron chi connectivity index (χ3n) is 4.77. The molecule has 0 spiro atoms. The molecule has 0 aliphatic heterocycles. The minimum absolute atomic E-state index is 0.492. The van der Waals surface area contributed by atoms with Crippen molar-refractivity contribution in [2.24, 2.45) is 0 Å². The minimum atomic E-state index is 0.492. The van der Waals surface area contributed by atoms with Crippen LogP contribution in [0.2, 0.25) is 0 Å². The molecule has 0 heterocycles. The van der Waals surface area contributed by atoms with Crippen LogP contribution in [0, 0.1) is 0 Å². The third kappa shape index (κ3) is 6.10. The molecule has 1 atom stereocenters. The number of nitrogens with zero attached hydrogens (tertiary/aromatic N) is 1. The second-order valence-electron chi connectivity index (χ2n) is 6.65.